The lowest BCUT2D eigenvalue weighted by molar-refractivity contribution is 0.884. The van der Waals surface area contributed by atoms with E-state index in [1.165, 1.54) is 0 Å². The average molecular weight is 209 g/mol. The molecule has 0 bridgehead atoms. The van der Waals surface area contributed by atoms with Crippen molar-refractivity contribution in [2.75, 3.05) is 0 Å². The first-order chi connectivity index (χ1) is 7.92. The minimum atomic E-state index is 0.753. The molecular formula is C13H11N3. The van der Waals surface area contributed by atoms with E-state index in [4.69, 9.17) is 0 Å². The predicted octanol–water partition coefficient (Wildman–Crippen LogP) is 2.77. The first kappa shape index (κ1) is 9.09. The summed E-state index contributed by atoms with van der Waals surface area (Å²) >= 11 is 0. The molecule has 2 heterocycles. The summed E-state index contributed by atoms with van der Waals surface area (Å²) in [6.45, 7) is 4.53. The SMILES string of the molecule is C=CCn1c2ccccc2c2nccnc21. The van der Waals surface area contributed by atoms with Gasteiger partial charge in [0.05, 0.1) is 5.52 Å². The number of fused-ring (bicyclic) bond motifs is 3. The lowest BCUT2D eigenvalue weighted by Crippen LogP contribution is -1.95. The van der Waals surface area contributed by atoms with E-state index in [1.54, 1.807) is 12.4 Å². The van der Waals surface area contributed by atoms with Gasteiger partial charge in [-0.25, -0.2) is 4.98 Å². The zero-order chi connectivity index (χ0) is 11.0. The molecule has 3 nitrogen and oxygen atoms in total. The molecule has 0 unspecified atom stereocenters. The van der Waals surface area contributed by atoms with Crippen molar-refractivity contribution in [2.45, 2.75) is 6.54 Å². The topological polar surface area (TPSA) is 30.7 Å². The highest BCUT2D eigenvalue weighted by Crippen LogP contribution is 2.25. The first-order valence-electron chi connectivity index (χ1n) is 5.20. The summed E-state index contributed by atoms with van der Waals surface area (Å²) in [6.07, 6.45) is 5.33. The van der Waals surface area contributed by atoms with Gasteiger partial charge in [-0.3, -0.25) is 4.98 Å². The molecule has 3 rings (SSSR count). The van der Waals surface area contributed by atoms with Crippen LogP contribution in [0.4, 0.5) is 0 Å². The van der Waals surface area contributed by atoms with Crippen LogP contribution in [0.5, 0.6) is 0 Å². The molecule has 16 heavy (non-hydrogen) atoms. The first-order valence-corrected chi connectivity index (χ1v) is 5.20. The lowest BCUT2D eigenvalue weighted by atomic mass is 10.2. The van der Waals surface area contributed by atoms with Gasteiger partial charge in [0.1, 0.15) is 5.52 Å². The highest BCUT2D eigenvalue weighted by Gasteiger charge is 2.10. The van der Waals surface area contributed by atoms with Gasteiger partial charge in [0.2, 0.25) is 0 Å². The van der Waals surface area contributed by atoms with E-state index in [0.29, 0.717) is 0 Å². The van der Waals surface area contributed by atoms with Gasteiger partial charge in [0, 0.05) is 24.3 Å². The Hall–Kier alpha value is -2.16. The van der Waals surface area contributed by atoms with Crippen molar-refractivity contribution in [1.82, 2.24) is 14.5 Å². The number of hydrogen-bond acceptors (Lipinski definition) is 2. The molecule has 0 saturated carbocycles. The molecule has 0 radical (unpaired) electrons. The summed E-state index contributed by atoms with van der Waals surface area (Å²) in [5.74, 6) is 0. The van der Waals surface area contributed by atoms with Gasteiger partial charge in [0.25, 0.3) is 0 Å². The van der Waals surface area contributed by atoms with E-state index in [0.717, 1.165) is 28.6 Å². The number of aromatic nitrogens is 3. The Kier molecular flexibility index (Phi) is 1.96. The van der Waals surface area contributed by atoms with Crippen molar-refractivity contribution in [3.8, 4) is 0 Å². The van der Waals surface area contributed by atoms with E-state index < -0.39 is 0 Å². The minimum absolute atomic E-state index is 0.753. The maximum atomic E-state index is 4.39. The quantitative estimate of drug-likeness (QED) is 0.607. The molecule has 0 amide bonds. The molecule has 1 aromatic carbocycles. The van der Waals surface area contributed by atoms with Crippen molar-refractivity contribution < 1.29 is 0 Å². The Morgan fingerprint density at radius 2 is 2.00 bits per heavy atom. The molecule has 3 heteroatoms. The van der Waals surface area contributed by atoms with E-state index in [1.807, 2.05) is 18.2 Å². The van der Waals surface area contributed by atoms with E-state index >= 15 is 0 Å². The molecule has 0 aliphatic carbocycles. The number of benzene rings is 1. The molecule has 3 aromatic rings. The van der Waals surface area contributed by atoms with Crippen LogP contribution in [-0.2, 0) is 6.54 Å². The molecule has 0 spiro atoms. The summed E-state index contributed by atoms with van der Waals surface area (Å²) < 4.78 is 2.13. The van der Waals surface area contributed by atoms with Crippen LogP contribution in [0.2, 0.25) is 0 Å². The Morgan fingerprint density at radius 1 is 1.19 bits per heavy atom. The number of nitrogens with zero attached hydrogens (tertiary/aromatic N) is 3. The van der Waals surface area contributed by atoms with Gasteiger partial charge in [-0.05, 0) is 6.07 Å². The Morgan fingerprint density at radius 3 is 2.88 bits per heavy atom. The fourth-order valence-electron chi connectivity index (χ4n) is 2.06. The highest BCUT2D eigenvalue weighted by molar-refractivity contribution is 6.04. The average Bonchev–Trinajstić information content (AvgIpc) is 2.66. The highest BCUT2D eigenvalue weighted by atomic mass is 15.1. The molecule has 0 N–H and O–H groups in total. The zero-order valence-corrected chi connectivity index (χ0v) is 8.80. The standard InChI is InChI=1S/C13H11N3/c1-2-9-16-11-6-4-3-5-10(11)12-13(16)15-8-7-14-12/h2-8H,1,9H2. The molecule has 78 valence electrons. The monoisotopic (exact) mass is 209 g/mol. The van der Waals surface area contributed by atoms with Crippen molar-refractivity contribution >= 4 is 22.1 Å². The van der Waals surface area contributed by atoms with Crippen LogP contribution >= 0.6 is 0 Å². The Labute approximate surface area is 93.1 Å². The molecule has 0 saturated heterocycles. The van der Waals surface area contributed by atoms with Gasteiger partial charge >= 0.3 is 0 Å². The van der Waals surface area contributed by atoms with E-state index in [2.05, 4.69) is 33.2 Å². The van der Waals surface area contributed by atoms with Crippen molar-refractivity contribution in [3.63, 3.8) is 0 Å². The second kappa shape index (κ2) is 3.45. The molecule has 2 aromatic heterocycles. The molecular weight excluding hydrogens is 198 g/mol. The minimum Gasteiger partial charge on any atom is -0.320 e. The lowest BCUT2D eigenvalue weighted by Gasteiger charge is -2.00. The van der Waals surface area contributed by atoms with Crippen molar-refractivity contribution in [1.29, 1.82) is 0 Å². The largest absolute Gasteiger partial charge is 0.320 e. The molecule has 0 fully saturated rings. The third kappa shape index (κ3) is 1.15. The van der Waals surface area contributed by atoms with Gasteiger partial charge in [-0.2, -0.15) is 0 Å². The summed E-state index contributed by atoms with van der Waals surface area (Å²) in [4.78, 5) is 8.78. The summed E-state index contributed by atoms with van der Waals surface area (Å²) in [7, 11) is 0. The molecule has 0 aliphatic heterocycles. The molecule has 0 atom stereocenters. The normalized spacial score (nSPS) is 11.0. The number of allylic oxidation sites excluding steroid dienone is 1. The maximum Gasteiger partial charge on any atom is 0.160 e. The van der Waals surface area contributed by atoms with Gasteiger partial charge in [-0.15, -0.1) is 6.58 Å². The maximum absolute atomic E-state index is 4.39. The number of rotatable bonds is 2. The Balaban J connectivity index is 2.53. The summed E-state index contributed by atoms with van der Waals surface area (Å²) in [5, 5.41) is 1.15. The van der Waals surface area contributed by atoms with Crippen LogP contribution < -0.4 is 0 Å². The van der Waals surface area contributed by atoms with E-state index in [9.17, 15) is 0 Å². The van der Waals surface area contributed by atoms with Crippen LogP contribution in [0.15, 0.2) is 49.3 Å². The van der Waals surface area contributed by atoms with Crippen molar-refractivity contribution in [2.24, 2.45) is 0 Å². The van der Waals surface area contributed by atoms with Crippen LogP contribution in [-0.4, -0.2) is 14.5 Å². The third-order valence-electron chi connectivity index (χ3n) is 2.70. The fourth-order valence-corrected chi connectivity index (χ4v) is 2.06. The zero-order valence-electron chi connectivity index (χ0n) is 8.80. The molecule has 0 aliphatic rings. The second-order valence-corrected chi connectivity index (χ2v) is 3.64. The summed E-state index contributed by atoms with van der Waals surface area (Å²) in [6, 6.07) is 8.21. The third-order valence-corrected chi connectivity index (χ3v) is 2.70. The summed E-state index contributed by atoms with van der Waals surface area (Å²) in [5.41, 5.74) is 3.03. The van der Waals surface area contributed by atoms with Gasteiger partial charge in [-0.1, -0.05) is 24.3 Å². The van der Waals surface area contributed by atoms with Gasteiger partial charge in [0.15, 0.2) is 5.65 Å². The van der Waals surface area contributed by atoms with Crippen LogP contribution in [0.3, 0.4) is 0 Å². The van der Waals surface area contributed by atoms with Crippen LogP contribution in [0, 0.1) is 0 Å². The smallest absolute Gasteiger partial charge is 0.160 e. The van der Waals surface area contributed by atoms with Gasteiger partial charge < -0.3 is 4.57 Å². The van der Waals surface area contributed by atoms with Crippen molar-refractivity contribution in [3.05, 3.63) is 49.3 Å². The predicted molar refractivity (Wildman–Crippen MR) is 65.2 cm³/mol. The van der Waals surface area contributed by atoms with Crippen LogP contribution in [0.1, 0.15) is 0 Å². The number of hydrogen-bond donors (Lipinski definition) is 0. The Bertz CT molecular complexity index is 614. The van der Waals surface area contributed by atoms with Crippen LogP contribution in [0.25, 0.3) is 22.1 Å². The van der Waals surface area contributed by atoms with E-state index in [-0.39, 0.29) is 0 Å². The number of para-hydroxylation sites is 1. The fraction of sp³-hybridized carbons (Fsp3) is 0.0769. The second-order valence-electron chi connectivity index (χ2n) is 3.64.